The first-order chi connectivity index (χ1) is 32.7. The first-order valence-corrected chi connectivity index (χ1v) is 27.3. The second-order valence-corrected chi connectivity index (χ2v) is 26.3. The van der Waals surface area contributed by atoms with Gasteiger partial charge in [-0.3, -0.25) is 0 Å². The molecule has 14 rings (SSSR count). The largest absolute Gasteiger partial charge is 0.457 e. The van der Waals surface area contributed by atoms with Crippen molar-refractivity contribution >= 4 is 50.8 Å². The molecule has 0 saturated heterocycles. The molecule has 2 aliphatic heterocycles. The molecular formula is C65H52O2Si. The molecule has 68 heavy (non-hydrogen) atoms. The van der Waals surface area contributed by atoms with Crippen LogP contribution in [0, 0.1) is 0 Å². The van der Waals surface area contributed by atoms with Gasteiger partial charge in [0, 0.05) is 38.5 Å². The van der Waals surface area contributed by atoms with Gasteiger partial charge in [0.2, 0.25) is 0 Å². The minimum Gasteiger partial charge on any atom is -0.457 e. The zero-order valence-corrected chi connectivity index (χ0v) is 41.0. The molecule has 0 unspecified atom stereocenters. The smallest absolute Gasteiger partial charge is 0.139 e. The van der Waals surface area contributed by atoms with Gasteiger partial charge >= 0.3 is 0 Å². The van der Waals surface area contributed by atoms with E-state index in [4.69, 9.17) is 9.47 Å². The highest BCUT2D eigenvalue weighted by Crippen LogP contribution is 2.59. The third kappa shape index (κ3) is 5.12. The molecular weight excluding hydrogens is 841 g/mol. The summed E-state index contributed by atoms with van der Waals surface area (Å²) < 4.78 is 13.7. The quantitative estimate of drug-likeness (QED) is 0.127. The van der Waals surface area contributed by atoms with Crippen LogP contribution in [0.15, 0.2) is 170 Å². The van der Waals surface area contributed by atoms with E-state index < -0.39 is 8.07 Å². The molecule has 3 heteroatoms. The Labute approximate surface area is 399 Å². The van der Waals surface area contributed by atoms with Crippen LogP contribution >= 0.6 is 0 Å². The molecule has 4 aliphatic rings. The maximum absolute atomic E-state index is 6.88. The maximum Gasteiger partial charge on any atom is 0.139 e. The lowest BCUT2D eigenvalue weighted by Gasteiger charge is -2.36. The summed E-state index contributed by atoms with van der Waals surface area (Å²) in [7, 11) is -1.96. The Kier molecular flexibility index (Phi) is 7.79. The van der Waals surface area contributed by atoms with Gasteiger partial charge in [-0.05, 0) is 135 Å². The van der Waals surface area contributed by atoms with Gasteiger partial charge in [-0.15, -0.1) is 0 Å². The van der Waals surface area contributed by atoms with Gasteiger partial charge in [0.15, 0.2) is 0 Å². The number of hydrogen-bond acceptors (Lipinski definition) is 2. The van der Waals surface area contributed by atoms with Crippen molar-refractivity contribution in [1.82, 2.24) is 0 Å². The Morgan fingerprint density at radius 3 is 1.38 bits per heavy atom. The zero-order chi connectivity index (χ0) is 46.2. The molecule has 2 heterocycles. The first kappa shape index (κ1) is 39.9. The lowest BCUT2D eigenvalue weighted by atomic mass is 9.74. The van der Waals surface area contributed by atoms with Gasteiger partial charge in [0.1, 0.15) is 31.1 Å². The van der Waals surface area contributed by atoms with Crippen molar-refractivity contribution in [3.63, 3.8) is 0 Å². The zero-order valence-electron chi connectivity index (χ0n) is 40.0. The van der Waals surface area contributed by atoms with E-state index in [-0.39, 0.29) is 16.2 Å². The predicted molar refractivity (Wildman–Crippen MR) is 287 cm³/mol. The van der Waals surface area contributed by atoms with Crippen LogP contribution in [0.25, 0.3) is 76.8 Å². The molecule has 2 nitrogen and oxygen atoms in total. The molecule has 0 radical (unpaired) electrons. The van der Waals surface area contributed by atoms with Crippen molar-refractivity contribution in [3.8, 4) is 67.5 Å². The van der Waals surface area contributed by atoms with Crippen LogP contribution in [0.1, 0.15) is 74.9 Å². The van der Waals surface area contributed by atoms with Crippen molar-refractivity contribution in [2.75, 3.05) is 0 Å². The lowest BCUT2D eigenvalue weighted by molar-refractivity contribution is 0.419. The van der Waals surface area contributed by atoms with E-state index in [1.165, 1.54) is 121 Å². The Morgan fingerprint density at radius 1 is 0.324 bits per heavy atom. The van der Waals surface area contributed by atoms with Crippen LogP contribution in [-0.4, -0.2) is 8.07 Å². The average Bonchev–Trinajstić information content (AvgIpc) is 3.73. The van der Waals surface area contributed by atoms with E-state index in [2.05, 4.69) is 224 Å². The van der Waals surface area contributed by atoms with Crippen LogP contribution in [0.4, 0.5) is 0 Å². The number of para-hydroxylation sites is 2. The summed E-state index contributed by atoms with van der Waals surface area (Å²) in [6.07, 6.45) is 0. The number of ether oxygens (including phenoxy) is 2. The number of fused-ring (bicyclic) bond motifs is 18. The summed E-state index contributed by atoms with van der Waals surface area (Å²) >= 11 is 0. The molecule has 328 valence electrons. The molecule has 0 spiro atoms. The Bertz CT molecular complexity index is 3640. The maximum atomic E-state index is 6.88. The molecule has 0 atom stereocenters. The summed E-state index contributed by atoms with van der Waals surface area (Å²) in [5.74, 6) is 4.05. The molecule has 0 fully saturated rings. The van der Waals surface area contributed by atoms with Gasteiger partial charge in [-0.25, -0.2) is 0 Å². The van der Waals surface area contributed by atoms with Gasteiger partial charge < -0.3 is 9.47 Å². The molecule has 2 aliphatic carbocycles. The number of rotatable bonds is 2. The van der Waals surface area contributed by atoms with E-state index >= 15 is 0 Å². The topological polar surface area (TPSA) is 18.5 Å². The van der Waals surface area contributed by atoms with Gasteiger partial charge in [-0.1, -0.05) is 188 Å². The second kappa shape index (κ2) is 13.3. The molecule has 0 N–H and O–H groups in total. The summed E-state index contributed by atoms with van der Waals surface area (Å²) in [6.45, 7) is 19.1. The predicted octanol–water partition coefficient (Wildman–Crippen LogP) is 16.5. The minimum absolute atomic E-state index is 0.165. The van der Waals surface area contributed by atoms with E-state index in [0.29, 0.717) is 0 Å². The Hall–Kier alpha value is -7.20. The second-order valence-electron chi connectivity index (χ2n) is 22.0. The highest BCUT2D eigenvalue weighted by Gasteiger charge is 2.45. The van der Waals surface area contributed by atoms with Crippen LogP contribution in [0.3, 0.4) is 0 Å². The fraction of sp³-hybridized carbons (Fsp3) is 0.169. The standard InChI is InChI=1S/C65H52O2Si/c1-63(2)49-17-11-12-18-55(49)66-61-52(63)30-29-50-59(61)45-27-23-39(35-53(45)64(50,3)4)37-21-25-43-44-26-22-38(34-48(44)42-16-10-9-15-41(42)47(43)33-37)40-24-28-46-54(36-40)65(5,6)51-31-32-58-62(60(46)51)67-56-19-13-14-20-57(56)68(58,7)8/h9-36H,1-8H3. The van der Waals surface area contributed by atoms with E-state index in [1.54, 1.807) is 0 Å². The number of benzene rings is 10. The van der Waals surface area contributed by atoms with Gasteiger partial charge in [-0.2, -0.15) is 0 Å². The summed E-state index contributed by atoms with van der Waals surface area (Å²) in [5.41, 5.74) is 17.4. The highest BCUT2D eigenvalue weighted by molar-refractivity contribution is 7.01. The van der Waals surface area contributed by atoms with Crippen molar-refractivity contribution in [3.05, 3.63) is 203 Å². The van der Waals surface area contributed by atoms with E-state index in [1.807, 2.05) is 0 Å². The van der Waals surface area contributed by atoms with Gasteiger partial charge in [0.05, 0.1) is 0 Å². The molecule has 10 aromatic rings. The Balaban J connectivity index is 0.857. The van der Waals surface area contributed by atoms with Crippen molar-refractivity contribution in [2.45, 2.75) is 70.9 Å². The average molecular weight is 893 g/mol. The third-order valence-corrected chi connectivity index (χ3v) is 20.5. The Morgan fingerprint density at radius 2 is 0.765 bits per heavy atom. The molecule has 0 aromatic heterocycles. The molecule has 0 amide bonds. The van der Waals surface area contributed by atoms with Crippen LogP contribution in [0.5, 0.6) is 23.0 Å². The summed E-state index contributed by atoms with van der Waals surface area (Å²) in [5, 5.41) is 10.4. The monoisotopic (exact) mass is 892 g/mol. The SMILES string of the molecule is CC1(C)c2ccccc2Oc2c1ccc1c2-c2ccc(-c3ccc4c5ccc(-c6ccc7c(c6)C(C)(C)c6ccc8c(c6-7)Oc6ccccc6[Si]8(C)C)cc5c5ccccc5c4c3)cc2C1(C)C. The van der Waals surface area contributed by atoms with Crippen molar-refractivity contribution in [2.24, 2.45) is 0 Å². The van der Waals surface area contributed by atoms with E-state index in [9.17, 15) is 0 Å². The van der Waals surface area contributed by atoms with Crippen molar-refractivity contribution < 1.29 is 9.47 Å². The van der Waals surface area contributed by atoms with Crippen molar-refractivity contribution in [1.29, 1.82) is 0 Å². The number of hydrogen-bond donors (Lipinski definition) is 0. The molecule has 0 bridgehead atoms. The van der Waals surface area contributed by atoms with Crippen LogP contribution < -0.4 is 19.8 Å². The van der Waals surface area contributed by atoms with Crippen LogP contribution in [0.2, 0.25) is 13.1 Å². The fourth-order valence-electron chi connectivity index (χ4n) is 13.1. The first-order valence-electron chi connectivity index (χ1n) is 24.3. The lowest BCUT2D eigenvalue weighted by Crippen LogP contribution is -2.56. The molecule has 0 saturated carbocycles. The molecule has 10 aromatic carbocycles. The summed E-state index contributed by atoms with van der Waals surface area (Å²) in [6, 6.07) is 64.1. The normalized spacial score (nSPS) is 16.6. The highest BCUT2D eigenvalue weighted by atomic mass is 28.3. The van der Waals surface area contributed by atoms with Crippen LogP contribution in [-0.2, 0) is 16.2 Å². The third-order valence-electron chi connectivity index (χ3n) is 17.0. The fourth-order valence-corrected chi connectivity index (χ4v) is 15.9. The van der Waals surface area contributed by atoms with Gasteiger partial charge in [0.25, 0.3) is 0 Å². The minimum atomic E-state index is -1.96. The summed E-state index contributed by atoms with van der Waals surface area (Å²) in [4.78, 5) is 0. The van der Waals surface area contributed by atoms with E-state index in [0.717, 1.165) is 23.0 Å².